The van der Waals surface area contributed by atoms with Gasteiger partial charge in [0.25, 0.3) is 5.96 Å². The molecule has 0 bridgehead atoms. The Balaban J connectivity index is 0.00000180. The first kappa shape index (κ1) is 15.6. The molecule has 0 aliphatic carbocycles. The molecule has 10 heteroatoms. The fraction of sp³-hybridized carbons (Fsp3) is 0.556. The van der Waals surface area contributed by atoms with Crippen molar-refractivity contribution in [2.45, 2.75) is 14.0 Å². The van der Waals surface area contributed by atoms with Gasteiger partial charge in [-0.05, 0) is 0 Å². The summed E-state index contributed by atoms with van der Waals surface area (Å²) >= 11 is 7.05. The number of nitro groups is 1. The zero-order valence-electron chi connectivity index (χ0n) is 9.45. The van der Waals surface area contributed by atoms with Gasteiger partial charge in [0.1, 0.15) is 18.6 Å². The van der Waals surface area contributed by atoms with Crippen LogP contribution in [0.5, 0.6) is 0 Å². The number of thiazole rings is 1. The molecule has 0 radical (unpaired) electrons. The van der Waals surface area contributed by atoms with Crippen LogP contribution in [0.1, 0.15) is 12.3 Å². The van der Waals surface area contributed by atoms with Gasteiger partial charge in [-0.1, -0.05) is 19.0 Å². The molecule has 1 aliphatic rings. The molecule has 0 saturated carbocycles. The molecule has 0 amide bonds. The first-order chi connectivity index (χ1) is 8.56. The van der Waals surface area contributed by atoms with Crippen molar-refractivity contribution >= 4 is 28.9 Å². The molecule has 1 saturated heterocycles. The summed E-state index contributed by atoms with van der Waals surface area (Å²) in [6.45, 7) is 0.931. The van der Waals surface area contributed by atoms with Crippen molar-refractivity contribution in [1.29, 1.82) is 0 Å². The Morgan fingerprint density at radius 1 is 1.68 bits per heavy atom. The minimum atomic E-state index is -0.718. The van der Waals surface area contributed by atoms with E-state index >= 15 is 0 Å². The maximum absolute atomic E-state index is 10.5. The lowest BCUT2D eigenvalue weighted by atomic mass is 10.5. The van der Waals surface area contributed by atoms with Crippen LogP contribution < -0.4 is 0 Å². The van der Waals surface area contributed by atoms with Gasteiger partial charge in [-0.15, -0.1) is 11.3 Å². The van der Waals surface area contributed by atoms with Gasteiger partial charge < -0.3 is 14.5 Å². The molecule has 2 rings (SSSR count). The van der Waals surface area contributed by atoms with Gasteiger partial charge in [0.2, 0.25) is 0 Å². The summed E-state index contributed by atoms with van der Waals surface area (Å²) in [5.41, 5.74) is 0. The fourth-order valence-corrected chi connectivity index (χ4v) is 2.51. The van der Waals surface area contributed by atoms with Crippen molar-refractivity contribution in [2.24, 2.45) is 5.10 Å². The lowest BCUT2D eigenvalue weighted by molar-refractivity contribution is -0.486. The van der Waals surface area contributed by atoms with Gasteiger partial charge in [0.05, 0.1) is 6.54 Å². The summed E-state index contributed by atoms with van der Waals surface area (Å²) in [4.78, 5) is 18.5. The third-order valence-corrected chi connectivity index (χ3v) is 3.30. The lowest BCUT2D eigenvalue weighted by Gasteiger charge is -2.34. The van der Waals surface area contributed by atoms with E-state index in [1.165, 1.54) is 11.3 Å². The molecular formula is C9H14ClN5O3S. The number of rotatable bonds is 3. The van der Waals surface area contributed by atoms with Gasteiger partial charge in [0.15, 0.2) is 9.50 Å². The second-order valence-corrected chi connectivity index (χ2v) is 5.27. The minimum Gasteiger partial charge on any atom is -0.341 e. The molecule has 0 atom stereocenters. The van der Waals surface area contributed by atoms with E-state index in [1.807, 2.05) is 0 Å². The maximum Gasteiger partial charge on any atom is 0.277 e. The predicted molar refractivity (Wildman–Crippen MR) is 72.4 cm³/mol. The lowest BCUT2D eigenvalue weighted by Crippen LogP contribution is -2.49. The molecule has 8 nitrogen and oxygen atoms in total. The molecule has 0 unspecified atom stereocenters. The predicted octanol–water partition coefficient (Wildman–Crippen LogP) is 1.66. The van der Waals surface area contributed by atoms with Crippen LogP contribution in [0.4, 0.5) is 0 Å². The number of guanidine groups is 1. The highest BCUT2D eigenvalue weighted by molar-refractivity contribution is 7.15. The van der Waals surface area contributed by atoms with Crippen molar-refractivity contribution in [2.75, 3.05) is 20.5 Å². The van der Waals surface area contributed by atoms with Gasteiger partial charge >= 0.3 is 0 Å². The van der Waals surface area contributed by atoms with Crippen molar-refractivity contribution in [1.82, 2.24) is 14.8 Å². The largest absolute Gasteiger partial charge is 0.341 e. The van der Waals surface area contributed by atoms with Crippen LogP contribution in [-0.4, -0.2) is 46.3 Å². The van der Waals surface area contributed by atoms with Crippen LogP contribution in [-0.2, 0) is 11.3 Å². The Bertz CT molecular complexity index is 480. The molecule has 106 valence electrons. The second-order valence-electron chi connectivity index (χ2n) is 3.58. The smallest absolute Gasteiger partial charge is 0.277 e. The third kappa shape index (κ3) is 4.01. The molecule has 0 aromatic carbocycles. The van der Waals surface area contributed by atoms with Gasteiger partial charge in [-0.25, -0.2) is 15.1 Å². The Labute approximate surface area is 119 Å². The number of hydrazone groups is 1. The molecule has 0 spiro atoms. The van der Waals surface area contributed by atoms with Crippen molar-refractivity contribution < 1.29 is 9.77 Å². The van der Waals surface area contributed by atoms with Crippen LogP contribution in [0.15, 0.2) is 11.3 Å². The van der Waals surface area contributed by atoms with Crippen molar-refractivity contribution in [3.63, 3.8) is 0 Å². The van der Waals surface area contributed by atoms with Crippen LogP contribution in [0.25, 0.3) is 0 Å². The van der Waals surface area contributed by atoms with E-state index in [1.54, 1.807) is 23.0 Å². The fourth-order valence-electron chi connectivity index (χ4n) is 1.52. The van der Waals surface area contributed by atoms with Crippen molar-refractivity contribution in [3.8, 4) is 0 Å². The monoisotopic (exact) mass is 307 g/mol. The molecule has 1 aromatic rings. The van der Waals surface area contributed by atoms with Gasteiger partial charge in [-0.3, -0.25) is 0 Å². The van der Waals surface area contributed by atoms with E-state index in [-0.39, 0.29) is 26.8 Å². The minimum absolute atomic E-state index is 0. The highest BCUT2D eigenvalue weighted by Crippen LogP contribution is 2.20. The molecule has 1 fully saturated rings. The van der Waals surface area contributed by atoms with Gasteiger partial charge in [-0.2, -0.15) is 0 Å². The molecule has 1 aromatic heterocycles. The highest BCUT2D eigenvalue weighted by atomic mass is 35.5. The van der Waals surface area contributed by atoms with Crippen LogP contribution in [0.2, 0.25) is 4.47 Å². The number of nitrogens with zero attached hydrogens (tertiary/aromatic N) is 5. The Hall–Kier alpha value is -1.45. The van der Waals surface area contributed by atoms with E-state index in [0.717, 1.165) is 4.88 Å². The van der Waals surface area contributed by atoms with Crippen LogP contribution in [0, 0.1) is 10.1 Å². The standard InChI is InChI=1S/C8H10ClN5O3S.CH4/c1-12-4-17-5-13(8(12)11-14(15)16)3-6-2-10-7(9)18-6;/h2H,3-5H2,1H3;1H4/b11-8+;. The maximum atomic E-state index is 10.5. The van der Waals surface area contributed by atoms with E-state index < -0.39 is 5.03 Å². The summed E-state index contributed by atoms with van der Waals surface area (Å²) in [6.07, 6.45) is 1.63. The number of aromatic nitrogens is 1. The molecular weight excluding hydrogens is 294 g/mol. The van der Waals surface area contributed by atoms with E-state index in [0.29, 0.717) is 11.0 Å². The number of hydrogen-bond acceptors (Lipinski definition) is 5. The molecule has 0 N–H and O–H groups in total. The van der Waals surface area contributed by atoms with Gasteiger partial charge in [0, 0.05) is 18.1 Å². The number of hydrogen-bond donors (Lipinski definition) is 0. The Morgan fingerprint density at radius 2 is 2.42 bits per heavy atom. The first-order valence-corrected chi connectivity index (χ1v) is 6.12. The average molecular weight is 308 g/mol. The summed E-state index contributed by atoms with van der Waals surface area (Å²) in [6, 6.07) is 0. The molecule has 2 heterocycles. The third-order valence-electron chi connectivity index (χ3n) is 2.20. The number of ether oxygens (including phenoxy) is 1. The summed E-state index contributed by atoms with van der Waals surface area (Å²) in [5.74, 6) is 0.260. The summed E-state index contributed by atoms with van der Waals surface area (Å²) in [5, 5.41) is 13.2. The SMILES string of the molecule is C.CN1COCN(Cc2cnc(Cl)s2)/C1=N/[N+](=O)[O-]. The Kier molecular flexibility index (Phi) is 5.45. The zero-order valence-corrected chi connectivity index (χ0v) is 11.0. The van der Waals surface area contributed by atoms with E-state index in [9.17, 15) is 10.1 Å². The highest BCUT2D eigenvalue weighted by Gasteiger charge is 2.25. The Morgan fingerprint density at radius 3 is 3.00 bits per heavy atom. The van der Waals surface area contributed by atoms with Crippen molar-refractivity contribution in [3.05, 3.63) is 25.7 Å². The molecule has 19 heavy (non-hydrogen) atoms. The normalized spacial score (nSPS) is 17.5. The zero-order chi connectivity index (χ0) is 13.1. The average Bonchev–Trinajstić information content (AvgIpc) is 2.69. The quantitative estimate of drug-likeness (QED) is 0.624. The second kappa shape index (κ2) is 6.64. The van der Waals surface area contributed by atoms with Crippen LogP contribution >= 0.6 is 22.9 Å². The van der Waals surface area contributed by atoms with Crippen LogP contribution in [0.3, 0.4) is 0 Å². The topological polar surface area (TPSA) is 84.1 Å². The first-order valence-electron chi connectivity index (χ1n) is 4.93. The summed E-state index contributed by atoms with van der Waals surface area (Å²) in [7, 11) is 1.67. The van der Waals surface area contributed by atoms with E-state index in [2.05, 4.69) is 10.1 Å². The number of halogens is 1. The summed E-state index contributed by atoms with van der Waals surface area (Å²) < 4.78 is 5.72. The van der Waals surface area contributed by atoms with E-state index in [4.69, 9.17) is 16.3 Å². The molecule has 1 aliphatic heterocycles.